The van der Waals surface area contributed by atoms with Gasteiger partial charge in [-0.2, -0.15) is 0 Å². The van der Waals surface area contributed by atoms with Crippen LogP contribution in [0.3, 0.4) is 0 Å². The summed E-state index contributed by atoms with van der Waals surface area (Å²) < 4.78 is 19.5. The number of H-pyrrole nitrogens is 1. The van der Waals surface area contributed by atoms with E-state index in [4.69, 9.17) is 4.52 Å². The van der Waals surface area contributed by atoms with Gasteiger partial charge in [0.05, 0.1) is 6.54 Å². The van der Waals surface area contributed by atoms with E-state index in [2.05, 4.69) is 10.1 Å². The molecule has 7 heteroatoms. The van der Waals surface area contributed by atoms with Crippen LogP contribution in [0.4, 0.5) is 4.39 Å². The molecule has 0 aliphatic heterocycles. The van der Waals surface area contributed by atoms with Gasteiger partial charge in [0.25, 0.3) is 0 Å². The zero-order chi connectivity index (χ0) is 14.8. The first-order valence-electron chi connectivity index (χ1n) is 6.13. The van der Waals surface area contributed by atoms with Crippen molar-refractivity contribution in [3.8, 4) is 11.3 Å². The van der Waals surface area contributed by atoms with Crippen molar-refractivity contribution >= 4 is 0 Å². The van der Waals surface area contributed by atoms with Crippen LogP contribution < -0.4 is 11.1 Å². The Kier molecular flexibility index (Phi) is 3.23. The van der Waals surface area contributed by atoms with E-state index in [0.717, 1.165) is 0 Å². The van der Waals surface area contributed by atoms with E-state index in [-0.39, 0.29) is 12.4 Å². The van der Waals surface area contributed by atoms with E-state index >= 15 is 0 Å². The van der Waals surface area contributed by atoms with Gasteiger partial charge in [-0.1, -0.05) is 17.3 Å². The van der Waals surface area contributed by atoms with Crippen LogP contribution in [-0.2, 0) is 6.54 Å². The highest BCUT2D eigenvalue weighted by Gasteiger charge is 2.09. The highest BCUT2D eigenvalue weighted by molar-refractivity contribution is 5.57. The van der Waals surface area contributed by atoms with Gasteiger partial charge in [0.1, 0.15) is 11.5 Å². The molecule has 0 saturated carbocycles. The van der Waals surface area contributed by atoms with Crippen LogP contribution in [0.5, 0.6) is 0 Å². The van der Waals surface area contributed by atoms with Gasteiger partial charge in [-0.25, -0.2) is 4.39 Å². The largest absolute Gasteiger partial charge is 0.356 e. The van der Waals surface area contributed by atoms with Crippen LogP contribution in [0.2, 0.25) is 0 Å². The fraction of sp³-hybridized carbons (Fsp3) is 0.0714. The summed E-state index contributed by atoms with van der Waals surface area (Å²) in [4.78, 5) is 25.1. The van der Waals surface area contributed by atoms with Gasteiger partial charge >= 0.3 is 11.1 Å². The molecule has 0 aliphatic carbocycles. The number of aromatic nitrogens is 3. The lowest BCUT2D eigenvalue weighted by Gasteiger charge is -1.99. The van der Waals surface area contributed by atoms with Crippen LogP contribution in [0.15, 0.2) is 56.8 Å². The van der Waals surface area contributed by atoms with Crippen LogP contribution in [0.25, 0.3) is 11.3 Å². The second-order valence-corrected chi connectivity index (χ2v) is 4.42. The quantitative estimate of drug-likeness (QED) is 0.738. The zero-order valence-electron chi connectivity index (χ0n) is 10.7. The highest BCUT2D eigenvalue weighted by Crippen LogP contribution is 2.21. The van der Waals surface area contributed by atoms with Gasteiger partial charge in [-0.3, -0.25) is 9.59 Å². The molecule has 3 rings (SSSR count). The molecule has 0 unspecified atom stereocenters. The average Bonchev–Trinajstić information content (AvgIpc) is 2.93. The minimum atomic E-state index is -0.702. The number of nitrogens with zero attached hydrogens (tertiary/aromatic N) is 2. The lowest BCUT2D eigenvalue weighted by atomic mass is 10.1. The van der Waals surface area contributed by atoms with Crippen LogP contribution in [-0.4, -0.2) is 14.7 Å². The van der Waals surface area contributed by atoms with E-state index in [0.29, 0.717) is 17.0 Å². The third-order valence-corrected chi connectivity index (χ3v) is 2.92. The molecule has 0 saturated heterocycles. The molecule has 1 N–H and O–H groups in total. The molecule has 0 radical (unpaired) electrons. The molecule has 0 atom stereocenters. The molecule has 106 valence electrons. The average molecular weight is 287 g/mol. The first kappa shape index (κ1) is 13.0. The lowest BCUT2D eigenvalue weighted by Crippen LogP contribution is -2.35. The molecule has 2 aromatic heterocycles. The number of hydrogen-bond donors (Lipinski definition) is 1. The minimum Gasteiger partial charge on any atom is -0.356 e. The van der Waals surface area contributed by atoms with Gasteiger partial charge in [0, 0.05) is 24.0 Å². The number of aromatic amines is 1. The first-order valence-corrected chi connectivity index (χ1v) is 6.13. The molecule has 0 bridgehead atoms. The first-order chi connectivity index (χ1) is 10.1. The summed E-state index contributed by atoms with van der Waals surface area (Å²) in [6.45, 7) is 0.0988. The van der Waals surface area contributed by atoms with E-state index in [1.165, 1.54) is 29.1 Å². The van der Waals surface area contributed by atoms with Gasteiger partial charge < -0.3 is 14.1 Å². The highest BCUT2D eigenvalue weighted by atomic mass is 19.1. The zero-order valence-corrected chi connectivity index (χ0v) is 10.7. The molecule has 3 aromatic rings. The fourth-order valence-corrected chi connectivity index (χ4v) is 1.93. The molecule has 21 heavy (non-hydrogen) atoms. The van der Waals surface area contributed by atoms with Crippen LogP contribution in [0.1, 0.15) is 5.69 Å². The summed E-state index contributed by atoms with van der Waals surface area (Å²) in [5.74, 6) is 0.0126. The summed E-state index contributed by atoms with van der Waals surface area (Å²) in [5.41, 5.74) is -0.367. The molecular weight excluding hydrogens is 277 g/mol. The van der Waals surface area contributed by atoms with Gasteiger partial charge in [0.2, 0.25) is 0 Å². The van der Waals surface area contributed by atoms with Crippen molar-refractivity contribution in [3.63, 3.8) is 0 Å². The van der Waals surface area contributed by atoms with Crippen molar-refractivity contribution < 1.29 is 8.91 Å². The molecule has 2 heterocycles. The van der Waals surface area contributed by atoms with Crippen molar-refractivity contribution in [2.45, 2.75) is 6.54 Å². The maximum Gasteiger partial charge on any atom is 0.316 e. The molecular formula is C14H10FN3O3. The predicted molar refractivity (Wildman–Crippen MR) is 72.3 cm³/mol. The Bertz CT molecular complexity index is 894. The van der Waals surface area contributed by atoms with Crippen molar-refractivity contribution in [3.05, 3.63) is 74.9 Å². The second kappa shape index (κ2) is 5.20. The summed E-state index contributed by atoms with van der Waals surface area (Å²) >= 11 is 0. The third-order valence-electron chi connectivity index (χ3n) is 2.92. The van der Waals surface area contributed by atoms with E-state index in [1.54, 1.807) is 18.2 Å². The number of hydrogen-bond acceptors (Lipinski definition) is 4. The Labute approximate surface area is 117 Å². The smallest absolute Gasteiger partial charge is 0.316 e. The number of nitrogens with one attached hydrogen (secondary N) is 1. The predicted octanol–water partition coefficient (Wildman–Crippen LogP) is 1.38. The third kappa shape index (κ3) is 2.66. The molecule has 0 spiro atoms. The summed E-state index contributed by atoms with van der Waals surface area (Å²) in [6, 6.07) is 7.50. The van der Waals surface area contributed by atoms with E-state index in [9.17, 15) is 14.0 Å². The monoisotopic (exact) mass is 287 g/mol. The Morgan fingerprint density at radius 1 is 1.29 bits per heavy atom. The molecule has 0 fully saturated rings. The van der Waals surface area contributed by atoms with Crippen LogP contribution >= 0.6 is 0 Å². The normalized spacial score (nSPS) is 10.7. The Hall–Kier alpha value is -2.96. The van der Waals surface area contributed by atoms with Gasteiger partial charge in [0.15, 0.2) is 5.76 Å². The van der Waals surface area contributed by atoms with E-state index in [1.807, 2.05) is 0 Å². The Balaban J connectivity index is 1.91. The number of benzene rings is 1. The Morgan fingerprint density at radius 3 is 2.95 bits per heavy atom. The fourth-order valence-electron chi connectivity index (χ4n) is 1.93. The van der Waals surface area contributed by atoms with Gasteiger partial charge in [-0.05, 0) is 12.1 Å². The SMILES string of the molecule is O=c1[nH]ccn(Cc2cc(-c3cccc(F)c3)on2)c1=O. The summed E-state index contributed by atoms with van der Waals surface area (Å²) in [5, 5.41) is 3.82. The maximum atomic E-state index is 13.2. The number of halogens is 1. The van der Waals surface area contributed by atoms with Crippen molar-refractivity contribution in [1.29, 1.82) is 0 Å². The summed E-state index contributed by atoms with van der Waals surface area (Å²) in [6.07, 6.45) is 2.82. The van der Waals surface area contributed by atoms with Crippen molar-refractivity contribution in [2.24, 2.45) is 0 Å². The second-order valence-electron chi connectivity index (χ2n) is 4.42. The Morgan fingerprint density at radius 2 is 2.14 bits per heavy atom. The topological polar surface area (TPSA) is 80.9 Å². The molecule has 6 nitrogen and oxygen atoms in total. The van der Waals surface area contributed by atoms with E-state index < -0.39 is 11.1 Å². The van der Waals surface area contributed by atoms with Crippen molar-refractivity contribution in [1.82, 2.24) is 14.7 Å². The van der Waals surface area contributed by atoms with Crippen molar-refractivity contribution in [2.75, 3.05) is 0 Å². The lowest BCUT2D eigenvalue weighted by molar-refractivity contribution is 0.420. The standard InChI is InChI=1S/C14H10FN3O3/c15-10-3-1-2-9(6-10)12-7-11(17-21-12)8-18-5-4-16-13(19)14(18)20/h1-7H,8H2,(H,16,19). The molecule has 0 amide bonds. The maximum absolute atomic E-state index is 13.2. The summed E-state index contributed by atoms with van der Waals surface area (Å²) in [7, 11) is 0. The minimum absolute atomic E-state index is 0.0988. The van der Waals surface area contributed by atoms with Gasteiger partial charge in [-0.15, -0.1) is 0 Å². The van der Waals surface area contributed by atoms with Crippen LogP contribution in [0, 0.1) is 5.82 Å². The molecule has 1 aromatic carbocycles. The number of rotatable bonds is 3. The molecule has 0 aliphatic rings.